The van der Waals surface area contributed by atoms with Crippen LogP contribution in [0.4, 0.5) is 10.5 Å². The summed E-state index contributed by atoms with van der Waals surface area (Å²) >= 11 is 5.78. The molecule has 1 atom stereocenters. The van der Waals surface area contributed by atoms with E-state index in [1.54, 1.807) is 6.92 Å². The van der Waals surface area contributed by atoms with Gasteiger partial charge in [0.1, 0.15) is 6.04 Å². The van der Waals surface area contributed by atoms with Crippen molar-refractivity contribution < 1.29 is 24.2 Å². The summed E-state index contributed by atoms with van der Waals surface area (Å²) in [6.45, 7) is 3.37. The number of rotatable bonds is 5. The van der Waals surface area contributed by atoms with Crippen LogP contribution in [0.5, 0.6) is 0 Å². The summed E-state index contributed by atoms with van der Waals surface area (Å²) in [4.78, 5) is 33.8. The number of carboxylic acids is 1. The number of anilines is 1. The van der Waals surface area contributed by atoms with Gasteiger partial charge in [0.15, 0.2) is 0 Å². The van der Waals surface area contributed by atoms with Gasteiger partial charge in [0.05, 0.1) is 17.2 Å². The van der Waals surface area contributed by atoms with Crippen molar-refractivity contribution in [3.05, 3.63) is 28.8 Å². The second-order valence-electron chi connectivity index (χ2n) is 4.07. The molecule has 0 bridgehead atoms. The number of carboxylic acid groups (broad SMARTS) is 1. The maximum Gasteiger partial charge on any atom is 0.337 e. The van der Waals surface area contributed by atoms with Gasteiger partial charge in [-0.3, -0.25) is 0 Å². The fraction of sp³-hybridized carbons (Fsp3) is 0.308. The van der Waals surface area contributed by atoms with Crippen LogP contribution in [0.15, 0.2) is 18.2 Å². The number of hydrogen-bond donors (Lipinski definition) is 3. The van der Waals surface area contributed by atoms with Gasteiger partial charge in [-0.25, -0.2) is 14.4 Å². The second kappa shape index (κ2) is 7.49. The Labute approximate surface area is 126 Å². The molecule has 1 aromatic rings. The maximum absolute atomic E-state index is 11.7. The Bertz CT molecular complexity index is 561. The molecule has 0 aromatic heterocycles. The molecule has 0 fully saturated rings. The molecule has 2 amide bonds. The van der Waals surface area contributed by atoms with E-state index in [-0.39, 0.29) is 17.2 Å². The van der Waals surface area contributed by atoms with Crippen LogP contribution in [0.3, 0.4) is 0 Å². The van der Waals surface area contributed by atoms with Crippen LogP contribution < -0.4 is 10.6 Å². The fourth-order valence-electron chi connectivity index (χ4n) is 1.46. The molecule has 0 saturated heterocycles. The molecule has 1 unspecified atom stereocenters. The molecule has 0 heterocycles. The lowest BCUT2D eigenvalue weighted by atomic mass is 10.2. The number of carbonyl (C=O) groups excluding carboxylic acids is 2. The smallest absolute Gasteiger partial charge is 0.337 e. The van der Waals surface area contributed by atoms with Crippen LogP contribution in [0.1, 0.15) is 24.2 Å². The molecule has 0 aliphatic carbocycles. The van der Waals surface area contributed by atoms with Crippen molar-refractivity contribution in [1.29, 1.82) is 0 Å². The van der Waals surface area contributed by atoms with E-state index in [1.165, 1.54) is 25.1 Å². The maximum atomic E-state index is 11.7. The normalized spacial score (nSPS) is 11.4. The molecule has 7 nitrogen and oxygen atoms in total. The number of halogens is 1. The SMILES string of the molecule is CCOC(=O)C(C)NC(=O)Nc1ccc(C(=O)O)c(Cl)c1. The Morgan fingerprint density at radius 2 is 2.05 bits per heavy atom. The number of benzene rings is 1. The monoisotopic (exact) mass is 314 g/mol. The van der Waals surface area contributed by atoms with Crippen LogP contribution >= 0.6 is 11.6 Å². The van der Waals surface area contributed by atoms with Gasteiger partial charge >= 0.3 is 18.0 Å². The molecular weight excluding hydrogens is 300 g/mol. The Morgan fingerprint density at radius 1 is 1.38 bits per heavy atom. The lowest BCUT2D eigenvalue weighted by Gasteiger charge is -2.13. The molecule has 0 radical (unpaired) electrons. The molecule has 1 aromatic carbocycles. The largest absolute Gasteiger partial charge is 0.478 e. The zero-order valence-corrected chi connectivity index (χ0v) is 12.2. The Hall–Kier alpha value is -2.28. The van der Waals surface area contributed by atoms with Gasteiger partial charge in [0.2, 0.25) is 0 Å². The summed E-state index contributed by atoms with van der Waals surface area (Å²) in [7, 11) is 0. The van der Waals surface area contributed by atoms with Gasteiger partial charge in [-0.15, -0.1) is 0 Å². The predicted octanol–water partition coefficient (Wildman–Crippen LogP) is 2.11. The highest BCUT2D eigenvalue weighted by Crippen LogP contribution is 2.20. The summed E-state index contributed by atoms with van der Waals surface area (Å²) in [5.41, 5.74) is 0.237. The molecule has 3 N–H and O–H groups in total. The van der Waals surface area contributed by atoms with E-state index >= 15 is 0 Å². The quantitative estimate of drug-likeness (QED) is 0.722. The van der Waals surface area contributed by atoms with E-state index in [0.717, 1.165) is 0 Å². The molecule has 21 heavy (non-hydrogen) atoms. The lowest BCUT2D eigenvalue weighted by Crippen LogP contribution is -2.41. The van der Waals surface area contributed by atoms with E-state index < -0.39 is 24.0 Å². The van der Waals surface area contributed by atoms with Gasteiger partial charge in [0.25, 0.3) is 0 Å². The predicted molar refractivity (Wildman–Crippen MR) is 76.7 cm³/mol. The molecule has 0 aliphatic heterocycles. The zero-order chi connectivity index (χ0) is 16.0. The molecular formula is C13H15ClN2O5. The van der Waals surface area contributed by atoms with E-state index in [4.69, 9.17) is 21.4 Å². The first-order valence-electron chi connectivity index (χ1n) is 6.12. The third-order valence-electron chi connectivity index (χ3n) is 2.45. The van der Waals surface area contributed by atoms with Crippen LogP contribution in [0.2, 0.25) is 5.02 Å². The van der Waals surface area contributed by atoms with Crippen LogP contribution in [-0.4, -0.2) is 35.7 Å². The molecule has 114 valence electrons. The Morgan fingerprint density at radius 3 is 2.57 bits per heavy atom. The Balaban J connectivity index is 2.65. The van der Waals surface area contributed by atoms with Gasteiger partial charge in [-0.2, -0.15) is 0 Å². The van der Waals surface area contributed by atoms with Gasteiger partial charge < -0.3 is 20.5 Å². The Kier molecular flexibility index (Phi) is 5.98. The highest BCUT2D eigenvalue weighted by Gasteiger charge is 2.17. The highest BCUT2D eigenvalue weighted by atomic mass is 35.5. The molecule has 0 spiro atoms. The van der Waals surface area contributed by atoms with Crippen molar-refractivity contribution in [2.45, 2.75) is 19.9 Å². The fourth-order valence-corrected chi connectivity index (χ4v) is 1.72. The first kappa shape index (κ1) is 16.8. The highest BCUT2D eigenvalue weighted by molar-refractivity contribution is 6.33. The summed E-state index contributed by atoms with van der Waals surface area (Å²) < 4.78 is 4.75. The van der Waals surface area contributed by atoms with E-state index in [1.807, 2.05) is 0 Å². The van der Waals surface area contributed by atoms with Crippen molar-refractivity contribution in [3.63, 3.8) is 0 Å². The summed E-state index contributed by atoms with van der Waals surface area (Å²) in [5.74, 6) is -1.71. The molecule has 0 saturated carbocycles. The number of hydrogen-bond acceptors (Lipinski definition) is 4. The van der Waals surface area contributed by atoms with Crippen LogP contribution in [0, 0.1) is 0 Å². The number of aromatic carboxylic acids is 1. The minimum Gasteiger partial charge on any atom is -0.478 e. The van der Waals surface area contributed by atoms with Gasteiger partial charge in [-0.05, 0) is 32.0 Å². The number of nitrogens with one attached hydrogen (secondary N) is 2. The van der Waals surface area contributed by atoms with Crippen molar-refractivity contribution >= 4 is 35.3 Å². The zero-order valence-electron chi connectivity index (χ0n) is 11.5. The first-order chi connectivity index (χ1) is 9.85. The number of urea groups is 1. The second-order valence-corrected chi connectivity index (χ2v) is 4.48. The average Bonchev–Trinajstić information content (AvgIpc) is 2.38. The van der Waals surface area contributed by atoms with E-state index in [9.17, 15) is 14.4 Å². The van der Waals surface area contributed by atoms with Crippen molar-refractivity contribution in [3.8, 4) is 0 Å². The van der Waals surface area contributed by atoms with Gasteiger partial charge in [-0.1, -0.05) is 11.6 Å². The number of esters is 1. The van der Waals surface area contributed by atoms with E-state index in [2.05, 4.69) is 10.6 Å². The minimum absolute atomic E-state index is 0.00117. The third-order valence-corrected chi connectivity index (χ3v) is 2.76. The van der Waals surface area contributed by atoms with Crippen LogP contribution in [-0.2, 0) is 9.53 Å². The van der Waals surface area contributed by atoms with Crippen molar-refractivity contribution in [2.24, 2.45) is 0 Å². The third kappa shape index (κ3) is 4.96. The average molecular weight is 315 g/mol. The topological polar surface area (TPSA) is 105 Å². The van der Waals surface area contributed by atoms with E-state index in [0.29, 0.717) is 5.69 Å². The number of ether oxygens (including phenoxy) is 1. The summed E-state index contributed by atoms with van der Waals surface area (Å²) in [6, 6.07) is 2.53. The summed E-state index contributed by atoms with van der Waals surface area (Å²) in [6.07, 6.45) is 0. The van der Waals surface area contributed by atoms with Gasteiger partial charge in [0, 0.05) is 5.69 Å². The first-order valence-corrected chi connectivity index (χ1v) is 6.50. The van der Waals surface area contributed by atoms with Crippen LogP contribution in [0.25, 0.3) is 0 Å². The number of amides is 2. The number of carbonyl (C=O) groups is 3. The molecule has 8 heteroatoms. The standard InChI is InChI=1S/C13H15ClN2O5/c1-3-21-12(19)7(2)15-13(20)16-8-4-5-9(11(17)18)10(14)6-8/h4-7H,3H2,1-2H3,(H,17,18)(H2,15,16,20). The molecule has 0 aliphatic rings. The van der Waals surface area contributed by atoms with Crippen molar-refractivity contribution in [1.82, 2.24) is 5.32 Å². The minimum atomic E-state index is -1.16. The molecule has 1 rings (SSSR count). The van der Waals surface area contributed by atoms with Crippen molar-refractivity contribution in [2.75, 3.05) is 11.9 Å². The summed E-state index contributed by atoms with van der Waals surface area (Å²) in [5, 5.41) is 13.7. The lowest BCUT2D eigenvalue weighted by molar-refractivity contribution is -0.144.